The van der Waals surface area contributed by atoms with Gasteiger partial charge in [0.25, 0.3) is 0 Å². The Labute approximate surface area is 122 Å². The molecule has 1 aliphatic rings. The van der Waals surface area contributed by atoms with Gasteiger partial charge in [0.15, 0.2) is 0 Å². The molecule has 1 atom stereocenters. The van der Waals surface area contributed by atoms with E-state index in [9.17, 15) is 9.18 Å². The number of nitrogens with one attached hydrogen (secondary N) is 1. The van der Waals surface area contributed by atoms with Gasteiger partial charge in [0, 0.05) is 5.69 Å². The first-order valence-electron chi connectivity index (χ1n) is 6.94. The molecule has 2 aromatic rings. The van der Waals surface area contributed by atoms with Gasteiger partial charge in [-0.2, -0.15) is 0 Å². The summed E-state index contributed by atoms with van der Waals surface area (Å²) in [6, 6.07) is 10.3. The third kappa shape index (κ3) is 2.37. The van der Waals surface area contributed by atoms with Crippen LogP contribution in [0.4, 0.5) is 10.1 Å². The van der Waals surface area contributed by atoms with Crippen molar-refractivity contribution in [3.8, 4) is 0 Å². The van der Waals surface area contributed by atoms with Gasteiger partial charge >= 0.3 is 5.97 Å². The quantitative estimate of drug-likeness (QED) is 0.898. The molecule has 0 saturated heterocycles. The Morgan fingerprint density at radius 2 is 2.05 bits per heavy atom. The van der Waals surface area contributed by atoms with Crippen molar-refractivity contribution in [2.45, 2.75) is 25.8 Å². The minimum Gasteiger partial charge on any atom is -0.478 e. The van der Waals surface area contributed by atoms with Gasteiger partial charge in [-0.1, -0.05) is 18.2 Å². The molecule has 21 heavy (non-hydrogen) atoms. The molecule has 3 nitrogen and oxygen atoms in total. The lowest BCUT2D eigenvalue weighted by Gasteiger charge is -2.18. The number of aromatic carboxylic acids is 1. The van der Waals surface area contributed by atoms with Crippen LogP contribution in [0.3, 0.4) is 0 Å². The van der Waals surface area contributed by atoms with E-state index >= 15 is 0 Å². The van der Waals surface area contributed by atoms with Crippen molar-refractivity contribution in [1.82, 2.24) is 0 Å². The third-order valence-electron chi connectivity index (χ3n) is 4.11. The molecular formula is C17H16FNO2. The van der Waals surface area contributed by atoms with Gasteiger partial charge in [-0.25, -0.2) is 9.18 Å². The summed E-state index contributed by atoms with van der Waals surface area (Å²) in [5.41, 5.74) is 3.52. The van der Waals surface area contributed by atoms with Crippen LogP contribution in [-0.4, -0.2) is 11.1 Å². The Morgan fingerprint density at radius 3 is 2.81 bits per heavy atom. The van der Waals surface area contributed by atoms with Gasteiger partial charge in [-0.3, -0.25) is 0 Å². The SMILES string of the molecule is Cc1c(NC2CCc3c(F)cccc32)cccc1C(=O)O. The fourth-order valence-electron chi connectivity index (χ4n) is 2.97. The van der Waals surface area contributed by atoms with E-state index in [2.05, 4.69) is 5.32 Å². The maximum Gasteiger partial charge on any atom is 0.336 e. The summed E-state index contributed by atoms with van der Waals surface area (Å²) in [4.78, 5) is 11.2. The van der Waals surface area contributed by atoms with E-state index in [-0.39, 0.29) is 17.4 Å². The highest BCUT2D eigenvalue weighted by Crippen LogP contribution is 2.36. The van der Waals surface area contributed by atoms with Crippen LogP contribution in [0.25, 0.3) is 0 Å². The fraction of sp³-hybridized carbons (Fsp3) is 0.235. The Morgan fingerprint density at radius 1 is 1.29 bits per heavy atom. The van der Waals surface area contributed by atoms with Crippen LogP contribution in [0.2, 0.25) is 0 Å². The van der Waals surface area contributed by atoms with E-state index in [0.29, 0.717) is 12.0 Å². The predicted molar refractivity (Wildman–Crippen MR) is 79.2 cm³/mol. The summed E-state index contributed by atoms with van der Waals surface area (Å²) in [6.45, 7) is 1.78. The second kappa shape index (κ2) is 5.20. The van der Waals surface area contributed by atoms with Crippen LogP contribution in [0.5, 0.6) is 0 Å². The molecule has 0 heterocycles. The zero-order chi connectivity index (χ0) is 15.0. The normalized spacial score (nSPS) is 16.6. The zero-order valence-electron chi connectivity index (χ0n) is 11.7. The van der Waals surface area contributed by atoms with Gasteiger partial charge in [-0.15, -0.1) is 0 Å². The van der Waals surface area contributed by atoms with Gasteiger partial charge < -0.3 is 10.4 Å². The van der Waals surface area contributed by atoms with Crippen LogP contribution in [-0.2, 0) is 6.42 Å². The molecule has 0 radical (unpaired) electrons. The topological polar surface area (TPSA) is 49.3 Å². The lowest BCUT2D eigenvalue weighted by Crippen LogP contribution is -2.10. The average Bonchev–Trinajstić information content (AvgIpc) is 2.85. The molecule has 2 N–H and O–H groups in total. The maximum atomic E-state index is 13.7. The first-order valence-corrected chi connectivity index (χ1v) is 6.94. The largest absolute Gasteiger partial charge is 0.478 e. The first-order chi connectivity index (χ1) is 10.1. The van der Waals surface area contributed by atoms with E-state index in [1.807, 2.05) is 12.1 Å². The number of benzene rings is 2. The fourth-order valence-corrected chi connectivity index (χ4v) is 2.97. The highest BCUT2D eigenvalue weighted by Gasteiger charge is 2.25. The molecule has 0 saturated carbocycles. The molecule has 0 fully saturated rings. The van der Waals surface area contributed by atoms with E-state index in [1.54, 1.807) is 25.1 Å². The molecule has 0 aliphatic heterocycles. The van der Waals surface area contributed by atoms with E-state index in [0.717, 1.165) is 23.2 Å². The van der Waals surface area contributed by atoms with Crippen LogP contribution in [0.1, 0.15) is 39.5 Å². The molecule has 108 valence electrons. The van der Waals surface area contributed by atoms with E-state index < -0.39 is 5.97 Å². The second-order valence-electron chi connectivity index (χ2n) is 5.33. The maximum absolute atomic E-state index is 13.7. The number of halogens is 1. The van der Waals surface area contributed by atoms with Crippen LogP contribution in [0, 0.1) is 12.7 Å². The number of hydrogen-bond acceptors (Lipinski definition) is 2. The van der Waals surface area contributed by atoms with Crippen LogP contribution < -0.4 is 5.32 Å². The summed E-state index contributed by atoms with van der Waals surface area (Å²) >= 11 is 0. The molecule has 0 amide bonds. The summed E-state index contributed by atoms with van der Waals surface area (Å²) in [5.74, 6) is -1.10. The standard InChI is InChI=1S/C17H16FNO2/c1-10-11(17(20)21)4-3-7-15(10)19-16-9-8-12-13(16)5-2-6-14(12)18/h2-7,16,19H,8-9H2,1H3,(H,20,21). The van der Waals surface area contributed by atoms with Crippen molar-refractivity contribution in [2.24, 2.45) is 0 Å². The van der Waals surface area contributed by atoms with E-state index in [4.69, 9.17) is 5.11 Å². The molecule has 0 spiro atoms. The molecule has 1 aliphatic carbocycles. The van der Waals surface area contributed by atoms with E-state index in [1.165, 1.54) is 6.07 Å². The van der Waals surface area contributed by atoms with Gasteiger partial charge in [0.2, 0.25) is 0 Å². The summed E-state index contributed by atoms with van der Waals surface area (Å²) in [7, 11) is 0. The predicted octanol–water partition coefficient (Wildman–Crippen LogP) is 3.93. The molecule has 0 bridgehead atoms. The Kier molecular flexibility index (Phi) is 3.37. The lowest BCUT2D eigenvalue weighted by molar-refractivity contribution is 0.0696. The van der Waals surface area contributed by atoms with Crippen molar-refractivity contribution < 1.29 is 14.3 Å². The number of carboxylic acids is 1. The number of carboxylic acid groups (broad SMARTS) is 1. The number of fused-ring (bicyclic) bond motifs is 1. The van der Waals surface area contributed by atoms with Crippen molar-refractivity contribution in [2.75, 3.05) is 5.32 Å². The monoisotopic (exact) mass is 285 g/mol. The summed E-state index contributed by atoms with van der Waals surface area (Å²) < 4.78 is 13.7. The smallest absolute Gasteiger partial charge is 0.336 e. The van der Waals surface area contributed by atoms with Crippen molar-refractivity contribution >= 4 is 11.7 Å². The molecule has 1 unspecified atom stereocenters. The number of rotatable bonds is 3. The average molecular weight is 285 g/mol. The minimum atomic E-state index is -0.936. The van der Waals surface area contributed by atoms with Gasteiger partial charge in [-0.05, 0) is 54.7 Å². The highest BCUT2D eigenvalue weighted by molar-refractivity contribution is 5.91. The first kappa shape index (κ1) is 13.6. The molecular weight excluding hydrogens is 269 g/mol. The molecule has 3 rings (SSSR count). The van der Waals surface area contributed by atoms with Gasteiger partial charge in [0.05, 0.1) is 11.6 Å². The highest BCUT2D eigenvalue weighted by atomic mass is 19.1. The molecule has 2 aromatic carbocycles. The Bertz CT molecular complexity index is 712. The third-order valence-corrected chi connectivity index (χ3v) is 4.11. The zero-order valence-corrected chi connectivity index (χ0v) is 11.7. The van der Waals surface area contributed by atoms with Crippen LogP contribution in [0.15, 0.2) is 36.4 Å². The number of hydrogen-bond donors (Lipinski definition) is 2. The molecule has 0 aromatic heterocycles. The number of carbonyl (C=O) groups is 1. The molecule has 4 heteroatoms. The van der Waals surface area contributed by atoms with Crippen molar-refractivity contribution in [3.05, 3.63) is 64.5 Å². The van der Waals surface area contributed by atoms with Crippen molar-refractivity contribution in [3.63, 3.8) is 0 Å². The van der Waals surface area contributed by atoms with Crippen LogP contribution >= 0.6 is 0 Å². The Hall–Kier alpha value is -2.36. The lowest BCUT2D eigenvalue weighted by atomic mass is 10.0. The Balaban J connectivity index is 1.92. The summed E-state index contributed by atoms with van der Waals surface area (Å²) in [6.07, 6.45) is 1.52. The minimum absolute atomic E-state index is 0.0263. The van der Waals surface area contributed by atoms with Gasteiger partial charge in [0.1, 0.15) is 5.82 Å². The van der Waals surface area contributed by atoms with Crippen molar-refractivity contribution in [1.29, 1.82) is 0 Å². The summed E-state index contributed by atoms with van der Waals surface area (Å²) in [5, 5.41) is 12.5. The second-order valence-corrected chi connectivity index (χ2v) is 5.33. The number of anilines is 1.